The predicted octanol–water partition coefficient (Wildman–Crippen LogP) is -0.0258. The Balaban J connectivity index is 5.02. The van der Waals surface area contributed by atoms with E-state index in [0.29, 0.717) is 0 Å². The van der Waals surface area contributed by atoms with Gasteiger partial charge in [0.25, 0.3) is 5.79 Å². The largest absolute Gasteiger partial charge is 0.469 e. The Hall–Kier alpha value is -1.18. The fourth-order valence-corrected chi connectivity index (χ4v) is 1.56. The van der Waals surface area contributed by atoms with E-state index >= 15 is 0 Å². The summed E-state index contributed by atoms with van der Waals surface area (Å²) in [6.07, 6.45) is -0.0623. The zero-order chi connectivity index (χ0) is 14.2. The number of rotatable bonds is 8. The van der Waals surface area contributed by atoms with Gasteiger partial charge in [-0.05, 0) is 0 Å². The van der Waals surface area contributed by atoms with Crippen LogP contribution in [0.4, 0.5) is 0 Å². The van der Waals surface area contributed by atoms with Gasteiger partial charge in [0.1, 0.15) is 0 Å². The van der Waals surface area contributed by atoms with Gasteiger partial charge < -0.3 is 23.7 Å². The molecule has 1 atom stereocenters. The third-order valence-corrected chi connectivity index (χ3v) is 2.57. The zero-order valence-corrected chi connectivity index (χ0v) is 11.3. The number of ether oxygens (including phenoxy) is 5. The molecule has 0 fully saturated rings. The van der Waals surface area contributed by atoms with Gasteiger partial charge >= 0.3 is 11.9 Å². The minimum absolute atomic E-state index is 0.0623. The van der Waals surface area contributed by atoms with Crippen molar-refractivity contribution in [2.75, 3.05) is 42.2 Å². The molecular formula is C11H20O7. The molecule has 0 aliphatic carbocycles. The highest BCUT2D eigenvalue weighted by atomic mass is 16.7. The third-order valence-electron chi connectivity index (χ3n) is 2.57. The second-order valence-corrected chi connectivity index (χ2v) is 3.53. The van der Waals surface area contributed by atoms with Crippen LogP contribution in [0.5, 0.6) is 0 Å². The molecule has 0 aromatic carbocycles. The Morgan fingerprint density at radius 1 is 1.00 bits per heavy atom. The zero-order valence-electron chi connectivity index (χ0n) is 11.3. The van der Waals surface area contributed by atoms with Crippen molar-refractivity contribution in [1.82, 2.24) is 0 Å². The minimum atomic E-state index is -1.65. The molecule has 0 aliphatic heterocycles. The Bertz CT molecular complexity index is 273. The smallest absolute Gasteiger partial charge is 0.366 e. The first-order chi connectivity index (χ1) is 8.51. The molecule has 0 N–H and O–H groups in total. The van der Waals surface area contributed by atoms with Gasteiger partial charge in [-0.15, -0.1) is 0 Å². The van der Waals surface area contributed by atoms with Crippen LogP contribution in [0, 0.1) is 5.92 Å². The fourth-order valence-electron chi connectivity index (χ4n) is 1.56. The lowest BCUT2D eigenvalue weighted by atomic mass is 9.99. The van der Waals surface area contributed by atoms with Gasteiger partial charge in [0.05, 0.1) is 26.7 Å². The summed E-state index contributed by atoms with van der Waals surface area (Å²) in [5.41, 5.74) is 0. The molecule has 0 radical (unpaired) electrons. The first kappa shape index (κ1) is 16.8. The molecule has 0 saturated heterocycles. The number of hydrogen-bond donors (Lipinski definition) is 0. The third kappa shape index (κ3) is 3.94. The van der Waals surface area contributed by atoms with Gasteiger partial charge in [0, 0.05) is 27.8 Å². The molecule has 0 aromatic heterocycles. The van der Waals surface area contributed by atoms with E-state index in [2.05, 4.69) is 9.47 Å². The maximum absolute atomic E-state index is 11.7. The van der Waals surface area contributed by atoms with Crippen LogP contribution in [0.15, 0.2) is 0 Å². The van der Waals surface area contributed by atoms with Crippen molar-refractivity contribution in [3.63, 3.8) is 0 Å². The Morgan fingerprint density at radius 2 is 1.56 bits per heavy atom. The molecule has 0 aromatic rings. The Labute approximate surface area is 106 Å². The lowest BCUT2D eigenvalue weighted by Crippen LogP contribution is -2.47. The van der Waals surface area contributed by atoms with Gasteiger partial charge in [-0.2, -0.15) is 0 Å². The van der Waals surface area contributed by atoms with Crippen LogP contribution in [-0.2, 0) is 33.3 Å². The van der Waals surface area contributed by atoms with E-state index in [1.165, 1.54) is 35.5 Å². The Morgan fingerprint density at radius 3 is 1.89 bits per heavy atom. The van der Waals surface area contributed by atoms with E-state index in [9.17, 15) is 9.59 Å². The molecule has 0 aliphatic rings. The van der Waals surface area contributed by atoms with E-state index in [1.54, 1.807) is 0 Å². The van der Waals surface area contributed by atoms with Crippen molar-refractivity contribution >= 4 is 11.9 Å². The highest BCUT2D eigenvalue weighted by molar-refractivity contribution is 5.80. The van der Waals surface area contributed by atoms with E-state index in [-0.39, 0.29) is 13.0 Å². The van der Waals surface area contributed by atoms with Gasteiger partial charge in [-0.25, -0.2) is 4.79 Å². The van der Waals surface area contributed by atoms with Crippen LogP contribution in [-0.4, -0.2) is 59.9 Å². The molecule has 0 heterocycles. The lowest BCUT2D eigenvalue weighted by molar-refractivity contribution is -0.235. The highest BCUT2D eigenvalue weighted by Gasteiger charge is 2.44. The minimum Gasteiger partial charge on any atom is -0.469 e. The molecular weight excluding hydrogens is 244 g/mol. The van der Waals surface area contributed by atoms with Crippen molar-refractivity contribution in [3.05, 3.63) is 0 Å². The summed E-state index contributed by atoms with van der Waals surface area (Å²) in [6, 6.07) is 0. The number of methoxy groups -OCH3 is 5. The van der Waals surface area contributed by atoms with Crippen LogP contribution in [0.25, 0.3) is 0 Å². The first-order valence-electron chi connectivity index (χ1n) is 5.26. The topological polar surface area (TPSA) is 80.3 Å². The van der Waals surface area contributed by atoms with Crippen molar-refractivity contribution in [2.24, 2.45) is 5.92 Å². The maximum atomic E-state index is 11.7. The Kier molecular flexibility index (Phi) is 7.49. The second kappa shape index (κ2) is 8.02. The average molecular weight is 264 g/mol. The van der Waals surface area contributed by atoms with E-state index < -0.39 is 23.6 Å². The summed E-state index contributed by atoms with van der Waals surface area (Å²) in [6.45, 7) is 0.0815. The second-order valence-electron chi connectivity index (χ2n) is 3.53. The molecule has 0 saturated carbocycles. The average Bonchev–Trinajstić information content (AvgIpc) is 2.42. The summed E-state index contributed by atoms with van der Waals surface area (Å²) in [4.78, 5) is 23.2. The number of hydrogen-bond acceptors (Lipinski definition) is 7. The quantitative estimate of drug-likeness (QED) is 0.450. The molecule has 0 bridgehead atoms. The molecule has 7 heteroatoms. The van der Waals surface area contributed by atoms with Crippen LogP contribution in [0.3, 0.4) is 0 Å². The lowest BCUT2D eigenvalue weighted by Gasteiger charge is -2.30. The predicted molar refractivity (Wildman–Crippen MR) is 60.8 cm³/mol. The van der Waals surface area contributed by atoms with Gasteiger partial charge in [0.2, 0.25) is 0 Å². The fraction of sp³-hybridized carbons (Fsp3) is 0.818. The summed E-state index contributed by atoms with van der Waals surface area (Å²) in [5, 5.41) is 0. The van der Waals surface area contributed by atoms with Crippen molar-refractivity contribution in [3.8, 4) is 0 Å². The van der Waals surface area contributed by atoms with Crippen molar-refractivity contribution in [1.29, 1.82) is 0 Å². The molecule has 106 valence electrons. The summed E-state index contributed by atoms with van der Waals surface area (Å²) in [5.74, 6) is -3.58. The van der Waals surface area contributed by atoms with Crippen molar-refractivity contribution in [2.45, 2.75) is 12.2 Å². The molecule has 18 heavy (non-hydrogen) atoms. The molecule has 1 unspecified atom stereocenters. The number of carbonyl (C=O) groups excluding carboxylic acids is 2. The van der Waals surface area contributed by atoms with Gasteiger partial charge in [0.15, 0.2) is 0 Å². The molecule has 7 nitrogen and oxygen atoms in total. The number of esters is 2. The molecule has 0 amide bonds. The number of carbonyl (C=O) groups is 2. The van der Waals surface area contributed by atoms with Crippen molar-refractivity contribution < 1.29 is 33.3 Å². The monoisotopic (exact) mass is 264 g/mol. The summed E-state index contributed by atoms with van der Waals surface area (Å²) >= 11 is 0. The summed E-state index contributed by atoms with van der Waals surface area (Å²) in [7, 11) is 6.49. The maximum Gasteiger partial charge on any atom is 0.366 e. The van der Waals surface area contributed by atoms with Crippen LogP contribution in [0.1, 0.15) is 6.42 Å². The van der Waals surface area contributed by atoms with Gasteiger partial charge in [-0.3, -0.25) is 4.79 Å². The van der Waals surface area contributed by atoms with Crippen LogP contribution >= 0.6 is 0 Å². The SMILES string of the molecule is COCC(CC(OC)(OC)C(=O)OC)C(=O)OC. The van der Waals surface area contributed by atoms with Crippen LogP contribution in [0.2, 0.25) is 0 Å². The van der Waals surface area contributed by atoms with E-state index in [4.69, 9.17) is 14.2 Å². The highest BCUT2D eigenvalue weighted by Crippen LogP contribution is 2.24. The van der Waals surface area contributed by atoms with Gasteiger partial charge in [-0.1, -0.05) is 0 Å². The first-order valence-corrected chi connectivity index (χ1v) is 5.26. The van der Waals surface area contributed by atoms with E-state index in [1.807, 2.05) is 0 Å². The molecule has 0 rings (SSSR count). The standard InChI is InChI=1S/C11H20O7/c1-14-7-8(9(12)15-2)6-11(17-4,18-5)10(13)16-3/h8H,6-7H2,1-5H3. The van der Waals surface area contributed by atoms with E-state index in [0.717, 1.165) is 0 Å². The normalized spacial score (nSPS) is 12.9. The van der Waals surface area contributed by atoms with Crippen LogP contribution < -0.4 is 0 Å². The summed E-state index contributed by atoms with van der Waals surface area (Å²) < 4.78 is 24.3. The molecule has 0 spiro atoms.